The van der Waals surface area contributed by atoms with Gasteiger partial charge in [-0.25, -0.2) is 4.39 Å². The molecule has 0 unspecified atom stereocenters. The molecule has 3 aromatic rings. The number of amides is 1. The van der Waals surface area contributed by atoms with Crippen molar-refractivity contribution < 1.29 is 9.18 Å². The van der Waals surface area contributed by atoms with Crippen molar-refractivity contribution in [2.24, 2.45) is 0 Å². The van der Waals surface area contributed by atoms with E-state index in [4.69, 9.17) is 0 Å². The number of anilines is 1. The summed E-state index contributed by atoms with van der Waals surface area (Å²) >= 11 is 0. The van der Waals surface area contributed by atoms with Crippen molar-refractivity contribution in [3.63, 3.8) is 0 Å². The number of aryl methyl sites for hydroxylation is 1. The smallest absolute Gasteiger partial charge is 0.258 e. The van der Waals surface area contributed by atoms with E-state index in [9.17, 15) is 9.18 Å². The fourth-order valence-corrected chi connectivity index (χ4v) is 2.40. The van der Waals surface area contributed by atoms with Gasteiger partial charge in [0.1, 0.15) is 11.5 Å². The minimum atomic E-state index is -0.548. The third-order valence-electron chi connectivity index (χ3n) is 3.60. The van der Waals surface area contributed by atoms with Gasteiger partial charge in [-0.05, 0) is 18.6 Å². The molecular formula is C18H16FN3O. The molecule has 0 aliphatic rings. The molecule has 0 spiro atoms. The highest BCUT2D eigenvalue weighted by molar-refractivity contribution is 6.06. The number of nitrogens with zero attached hydrogens (tertiary/aromatic N) is 1. The zero-order valence-corrected chi connectivity index (χ0v) is 12.6. The minimum absolute atomic E-state index is 0.00904. The second-order valence-corrected chi connectivity index (χ2v) is 5.08. The number of benzene rings is 2. The molecule has 4 nitrogen and oxygen atoms in total. The summed E-state index contributed by atoms with van der Waals surface area (Å²) in [7, 11) is 0. The first-order chi connectivity index (χ1) is 11.2. The van der Waals surface area contributed by atoms with E-state index in [0.717, 1.165) is 11.3 Å². The van der Waals surface area contributed by atoms with Crippen molar-refractivity contribution in [2.45, 2.75) is 13.3 Å². The number of aromatic amines is 1. The van der Waals surface area contributed by atoms with E-state index in [1.54, 1.807) is 12.1 Å². The molecule has 0 saturated carbocycles. The Morgan fingerprint density at radius 2 is 1.83 bits per heavy atom. The van der Waals surface area contributed by atoms with Crippen molar-refractivity contribution in [1.82, 2.24) is 10.2 Å². The summed E-state index contributed by atoms with van der Waals surface area (Å²) in [4.78, 5) is 12.4. The third kappa shape index (κ3) is 2.99. The van der Waals surface area contributed by atoms with Crippen LogP contribution in [0.1, 0.15) is 23.0 Å². The molecule has 116 valence electrons. The van der Waals surface area contributed by atoms with Crippen LogP contribution in [0.25, 0.3) is 11.3 Å². The van der Waals surface area contributed by atoms with Crippen LogP contribution in [0.4, 0.5) is 10.1 Å². The van der Waals surface area contributed by atoms with E-state index in [0.29, 0.717) is 17.8 Å². The van der Waals surface area contributed by atoms with E-state index in [1.807, 2.05) is 37.3 Å². The van der Waals surface area contributed by atoms with Gasteiger partial charge >= 0.3 is 0 Å². The van der Waals surface area contributed by atoms with Crippen molar-refractivity contribution in [3.05, 3.63) is 71.7 Å². The molecule has 0 fully saturated rings. The zero-order chi connectivity index (χ0) is 16.2. The fraction of sp³-hybridized carbons (Fsp3) is 0.111. The van der Waals surface area contributed by atoms with Crippen LogP contribution in [0.2, 0.25) is 0 Å². The summed E-state index contributed by atoms with van der Waals surface area (Å²) in [6.45, 7) is 1.96. The number of carbonyl (C=O) groups is 1. The predicted molar refractivity (Wildman–Crippen MR) is 87.8 cm³/mol. The number of nitrogens with one attached hydrogen (secondary N) is 2. The molecule has 0 bridgehead atoms. The molecule has 2 aromatic carbocycles. The average Bonchev–Trinajstić information content (AvgIpc) is 2.98. The lowest BCUT2D eigenvalue weighted by Gasteiger charge is -2.08. The number of hydrogen-bond acceptors (Lipinski definition) is 2. The summed E-state index contributed by atoms with van der Waals surface area (Å²) in [5.74, 6) is -1.04. The molecule has 0 atom stereocenters. The van der Waals surface area contributed by atoms with Crippen LogP contribution in [0.5, 0.6) is 0 Å². The van der Waals surface area contributed by atoms with Gasteiger partial charge < -0.3 is 5.32 Å². The topological polar surface area (TPSA) is 57.8 Å². The lowest BCUT2D eigenvalue weighted by molar-refractivity contribution is 0.102. The quantitative estimate of drug-likeness (QED) is 0.764. The van der Waals surface area contributed by atoms with Gasteiger partial charge in [-0.3, -0.25) is 9.89 Å². The number of halogens is 1. The highest BCUT2D eigenvalue weighted by Crippen LogP contribution is 2.29. The van der Waals surface area contributed by atoms with Crippen LogP contribution in [-0.2, 0) is 6.42 Å². The van der Waals surface area contributed by atoms with Crippen molar-refractivity contribution in [2.75, 3.05) is 5.32 Å². The number of hydrogen-bond donors (Lipinski definition) is 2. The van der Waals surface area contributed by atoms with Gasteiger partial charge in [0.25, 0.3) is 5.91 Å². The van der Waals surface area contributed by atoms with Crippen LogP contribution in [0.15, 0.2) is 54.6 Å². The number of carbonyl (C=O) groups excluding carboxylic acids is 1. The van der Waals surface area contributed by atoms with E-state index < -0.39 is 11.7 Å². The van der Waals surface area contributed by atoms with E-state index >= 15 is 0 Å². The maximum Gasteiger partial charge on any atom is 0.258 e. The summed E-state index contributed by atoms with van der Waals surface area (Å²) in [6.07, 6.45) is 0.673. The number of aromatic nitrogens is 2. The van der Waals surface area contributed by atoms with Gasteiger partial charge in [-0.2, -0.15) is 5.10 Å². The normalized spacial score (nSPS) is 10.5. The van der Waals surface area contributed by atoms with E-state index in [2.05, 4.69) is 15.5 Å². The molecule has 1 amide bonds. The van der Waals surface area contributed by atoms with Crippen molar-refractivity contribution in [1.29, 1.82) is 0 Å². The molecule has 0 saturated heterocycles. The first kappa shape index (κ1) is 15.0. The van der Waals surface area contributed by atoms with Gasteiger partial charge in [-0.1, -0.05) is 49.4 Å². The van der Waals surface area contributed by atoms with Crippen LogP contribution in [0.3, 0.4) is 0 Å². The molecule has 2 N–H and O–H groups in total. The molecule has 0 aliphatic carbocycles. The van der Waals surface area contributed by atoms with Crippen LogP contribution >= 0.6 is 0 Å². The molecule has 1 heterocycles. The number of H-pyrrole nitrogens is 1. The first-order valence-corrected chi connectivity index (χ1v) is 7.39. The van der Waals surface area contributed by atoms with Crippen molar-refractivity contribution >= 4 is 11.6 Å². The SMILES string of the molecule is CCc1[nH]nc(-c2ccccc2)c1NC(=O)c1ccccc1F. The summed E-state index contributed by atoms with van der Waals surface area (Å²) < 4.78 is 13.8. The summed E-state index contributed by atoms with van der Waals surface area (Å²) in [5.41, 5.74) is 2.93. The van der Waals surface area contributed by atoms with Crippen LogP contribution in [-0.4, -0.2) is 16.1 Å². The van der Waals surface area contributed by atoms with Gasteiger partial charge in [0.2, 0.25) is 0 Å². The summed E-state index contributed by atoms with van der Waals surface area (Å²) in [5, 5.41) is 10.0. The third-order valence-corrected chi connectivity index (χ3v) is 3.60. The molecule has 23 heavy (non-hydrogen) atoms. The molecular weight excluding hydrogens is 293 g/mol. The van der Waals surface area contributed by atoms with E-state index in [-0.39, 0.29) is 5.56 Å². The fourth-order valence-electron chi connectivity index (χ4n) is 2.40. The lowest BCUT2D eigenvalue weighted by Crippen LogP contribution is -2.14. The highest BCUT2D eigenvalue weighted by Gasteiger charge is 2.18. The predicted octanol–water partition coefficient (Wildman–Crippen LogP) is 4.03. The van der Waals surface area contributed by atoms with Crippen molar-refractivity contribution in [3.8, 4) is 11.3 Å². The maximum absolute atomic E-state index is 13.8. The molecule has 5 heteroatoms. The Balaban J connectivity index is 1.98. The molecule has 0 aliphatic heterocycles. The van der Waals surface area contributed by atoms with Crippen LogP contribution < -0.4 is 5.32 Å². The minimum Gasteiger partial charge on any atom is -0.318 e. The molecule has 0 radical (unpaired) electrons. The van der Waals surface area contributed by atoms with Gasteiger partial charge in [0.05, 0.1) is 16.9 Å². The zero-order valence-electron chi connectivity index (χ0n) is 12.6. The molecule has 1 aromatic heterocycles. The second kappa shape index (κ2) is 6.44. The monoisotopic (exact) mass is 309 g/mol. The first-order valence-electron chi connectivity index (χ1n) is 7.39. The molecule has 3 rings (SSSR count). The maximum atomic E-state index is 13.8. The Morgan fingerprint density at radius 3 is 2.52 bits per heavy atom. The second-order valence-electron chi connectivity index (χ2n) is 5.08. The Morgan fingerprint density at radius 1 is 1.13 bits per heavy atom. The lowest BCUT2D eigenvalue weighted by atomic mass is 10.1. The standard InChI is InChI=1S/C18H16FN3O/c1-2-15-17(16(22-21-15)12-8-4-3-5-9-12)20-18(23)13-10-6-7-11-14(13)19/h3-11H,2H2,1H3,(H,20,23)(H,21,22). The van der Waals surface area contributed by atoms with Crippen LogP contribution in [0, 0.1) is 5.82 Å². The Hall–Kier alpha value is -2.95. The number of rotatable bonds is 4. The largest absolute Gasteiger partial charge is 0.318 e. The Bertz CT molecular complexity index is 827. The van der Waals surface area contributed by atoms with Gasteiger partial charge in [0.15, 0.2) is 0 Å². The Labute approximate surface area is 133 Å². The van der Waals surface area contributed by atoms with Gasteiger partial charge in [-0.15, -0.1) is 0 Å². The average molecular weight is 309 g/mol. The Kier molecular flexibility index (Phi) is 4.19. The van der Waals surface area contributed by atoms with E-state index in [1.165, 1.54) is 12.1 Å². The van der Waals surface area contributed by atoms with Gasteiger partial charge in [0, 0.05) is 5.56 Å². The highest BCUT2D eigenvalue weighted by atomic mass is 19.1. The summed E-state index contributed by atoms with van der Waals surface area (Å²) in [6, 6.07) is 15.4.